The van der Waals surface area contributed by atoms with Gasteiger partial charge in [0.15, 0.2) is 5.65 Å². The Kier molecular flexibility index (Phi) is 4.30. The molecule has 0 saturated heterocycles. The fourth-order valence-corrected chi connectivity index (χ4v) is 3.14. The van der Waals surface area contributed by atoms with E-state index in [0.29, 0.717) is 11.8 Å². The molecule has 0 aliphatic rings. The summed E-state index contributed by atoms with van der Waals surface area (Å²) in [6.07, 6.45) is 0. The number of nitrogens with zero attached hydrogens (tertiary/aromatic N) is 4. The fourth-order valence-electron chi connectivity index (χ4n) is 2.20. The molecule has 0 aliphatic heterocycles. The van der Waals surface area contributed by atoms with Crippen molar-refractivity contribution in [1.29, 1.82) is 0 Å². The van der Waals surface area contributed by atoms with Crippen molar-refractivity contribution < 1.29 is 9.53 Å². The molecule has 0 atom stereocenters. The zero-order valence-corrected chi connectivity index (χ0v) is 14.4. The van der Waals surface area contributed by atoms with Gasteiger partial charge in [-0.15, -0.1) is 10.2 Å². The first-order chi connectivity index (χ1) is 10.6. The lowest BCUT2D eigenvalue weighted by Gasteiger charge is -2.01. The quantitative estimate of drug-likeness (QED) is 0.511. The molecule has 0 N–H and O–H groups in total. The number of esters is 1. The normalized spacial score (nSPS) is 11.2. The number of rotatable bonds is 4. The van der Waals surface area contributed by atoms with E-state index in [-0.39, 0.29) is 11.7 Å². The van der Waals surface area contributed by atoms with Gasteiger partial charge in [-0.25, -0.2) is 4.98 Å². The number of hydrogen-bond donors (Lipinski definition) is 0. The molecule has 1 aromatic carbocycles. The van der Waals surface area contributed by atoms with Crippen LogP contribution < -0.4 is 0 Å². The average molecular weight is 381 g/mol. The number of ether oxygens (including phenoxy) is 1. The average Bonchev–Trinajstić information content (AvgIpc) is 2.78. The standard InChI is InChI=1S/C14H13BrN4O2S/c1-3-21-11(20)7-22-14-16-13-12(17-18-14)9-6-8(15)4-5-10(9)19(13)2/h4-6H,3,7H2,1-2H3. The molecule has 3 rings (SSSR count). The summed E-state index contributed by atoms with van der Waals surface area (Å²) in [5.41, 5.74) is 2.53. The molecular weight excluding hydrogens is 368 g/mol. The number of thioether (sulfide) groups is 1. The Bertz CT molecular complexity index is 865. The molecule has 6 nitrogen and oxygen atoms in total. The third-order valence-electron chi connectivity index (χ3n) is 3.17. The molecule has 0 unspecified atom stereocenters. The highest BCUT2D eigenvalue weighted by Crippen LogP contribution is 2.28. The summed E-state index contributed by atoms with van der Waals surface area (Å²) in [5, 5.41) is 9.82. The van der Waals surface area contributed by atoms with E-state index in [1.54, 1.807) is 6.92 Å². The van der Waals surface area contributed by atoms with Crippen LogP contribution in [0.2, 0.25) is 0 Å². The van der Waals surface area contributed by atoms with E-state index in [1.165, 1.54) is 11.8 Å². The third kappa shape index (κ3) is 2.80. The maximum atomic E-state index is 11.4. The zero-order valence-electron chi connectivity index (χ0n) is 12.0. The largest absolute Gasteiger partial charge is 0.465 e. The van der Waals surface area contributed by atoms with Gasteiger partial charge < -0.3 is 9.30 Å². The van der Waals surface area contributed by atoms with Crippen molar-refractivity contribution in [2.24, 2.45) is 7.05 Å². The van der Waals surface area contributed by atoms with Crippen LogP contribution in [0, 0.1) is 0 Å². The van der Waals surface area contributed by atoms with Crippen molar-refractivity contribution in [3.8, 4) is 0 Å². The Hall–Kier alpha value is -1.67. The second kappa shape index (κ2) is 6.21. The van der Waals surface area contributed by atoms with Gasteiger partial charge in [-0.1, -0.05) is 27.7 Å². The van der Waals surface area contributed by atoms with Crippen LogP contribution in [0.3, 0.4) is 0 Å². The lowest BCUT2D eigenvalue weighted by atomic mass is 10.2. The first-order valence-corrected chi connectivity index (χ1v) is 8.44. The number of aromatic nitrogens is 4. The summed E-state index contributed by atoms with van der Waals surface area (Å²) in [5.74, 6) is -0.103. The number of aryl methyl sites for hydroxylation is 1. The van der Waals surface area contributed by atoms with E-state index < -0.39 is 0 Å². The molecule has 0 bridgehead atoms. The molecular formula is C14H13BrN4O2S. The van der Waals surface area contributed by atoms with Crippen LogP contribution in [-0.2, 0) is 16.6 Å². The highest BCUT2D eigenvalue weighted by molar-refractivity contribution is 9.10. The maximum Gasteiger partial charge on any atom is 0.316 e. The van der Waals surface area contributed by atoms with Gasteiger partial charge >= 0.3 is 5.97 Å². The van der Waals surface area contributed by atoms with Gasteiger partial charge in [0.05, 0.1) is 17.9 Å². The second-order valence-corrected chi connectivity index (χ2v) is 6.44. The van der Waals surface area contributed by atoms with Crippen molar-refractivity contribution in [2.45, 2.75) is 12.1 Å². The van der Waals surface area contributed by atoms with Crippen molar-refractivity contribution in [2.75, 3.05) is 12.4 Å². The Morgan fingerprint density at radius 1 is 1.41 bits per heavy atom. The van der Waals surface area contributed by atoms with Crippen LogP contribution in [-0.4, -0.2) is 38.1 Å². The van der Waals surface area contributed by atoms with Crippen molar-refractivity contribution >= 4 is 55.7 Å². The van der Waals surface area contributed by atoms with Crippen LogP contribution in [0.4, 0.5) is 0 Å². The van der Waals surface area contributed by atoms with E-state index in [9.17, 15) is 4.79 Å². The Labute approximate surface area is 139 Å². The predicted molar refractivity (Wildman–Crippen MR) is 88.9 cm³/mol. The van der Waals surface area contributed by atoms with Crippen LogP contribution in [0.25, 0.3) is 22.1 Å². The monoisotopic (exact) mass is 380 g/mol. The minimum Gasteiger partial charge on any atom is -0.465 e. The van der Waals surface area contributed by atoms with Crippen LogP contribution in [0.1, 0.15) is 6.92 Å². The number of halogens is 1. The molecule has 0 fully saturated rings. The number of benzene rings is 1. The van der Waals surface area contributed by atoms with Crippen molar-refractivity contribution in [1.82, 2.24) is 19.7 Å². The molecule has 8 heteroatoms. The maximum absolute atomic E-state index is 11.4. The summed E-state index contributed by atoms with van der Waals surface area (Å²) in [6.45, 7) is 2.15. The molecule has 0 aliphatic carbocycles. The first kappa shape index (κ1) is 15.2. The molecule has 2 aromatic heterocycles. The summed E-state index contributed by atoms with van der Waals surface area (Å²) >= 11 is 4.69. The summed E-state index contributed by atoms with van der Waals surface area (Å²) in [7, 11) is 1.94. The lowest BCUT2D eigenvalue weighted by molar-refractivity contribution is -0.139. The molecule has 22 heavy (non-hydrogen) atoms. The summed E-state index contributed by atoms with van der Waals surface area (Å²) < 4.78 is 7.84. The van der Waals surface area contributed by atoms with Gasteiger partial charge in [0.2, 0.25) is 5.16 Å². The number of carbonyl (C=O) groups is 1. The topological polar surface area (TPSA) is 69.9 Å². The number of fused-ring (bicyclic) bond motifs is 3. The van der Waals surface area contributed by atoms with E-state index in [2.05, 4.69) is 31.1 Å². The SMILES string of the molecule is CCOC(=O)CSc1nnc2c3cc(Br)ccc3n(C)c2n1. The minimum atomic E-state index is -0.280. The number of hydrogen-bond acceptors (Lipinski definition) is 6. The van der Waals surface area contributed by atoms with Crippen LogP contribution in [0.15, 0.2) is 27.8 Å². The van der Waals surface area contributed by atoms with Crippen LogP contribution in [0.5, 0.6) is 0 Å². The van der Waals surface area contributed by atoms with Gasteiger partial charge in [-0.3, -0.25) is 4.79 Å². The smallest absolute Gasteiger partial charge is 0.316 e. The Morgan fingerprint density at radius 3 is 3.00 bits per heavy atom. The first-order valence-electron chi connectivity index (χ1n) is 6.67. The minimum absolute atomic E-state index is 0.177. The van der Waals surface area contributed by atoms with Gasteiger partial charge in [0.25, 0.3) is 0 Å². The van der Waals surface area contributed by atoms with Crippen LogP contribution >= 0.6 is 27.7 Å². The molecule has 0 spiro atoms. The van der Waals surface area contributed by atoms with E-state index >= 15 is 0 Å². The zero-order chi connectivity index (χ0) is 15.7. The van der Waals surface area contributed by atoms with Gasteiger partial charge in [0, 0.05) is 16.9 Å². The van der Waals surface area contributed by atoms with E-state index in [1.807, 2.05) is 29.8 Å². The van der Waals surface area contributed by atoms with Crippen molar-refractivity contribution in [3.63, 3.8) is 0 Å². The molecule has 0 radical (unpaired) electrons. The third-order valence-corrected chi connectivity index (χ3v) is 4.47. The number of carbonyl (C=O) groups excluding carboxylic acids is 1. The highest BCUT2D eigenvalue weighted by atomic mass is 79.9. The molecule has 0 saturated carbocycles. The van der Waals surface area contributed by atoms with Crippen molar-refractivity contribution in [3.05, 3.63) is 22.7 Å². The summed E-state index contributed by atoms with van der Waals surface area (Å²) in [4.78, 5) is 15.9. The lowest BCUT2D eigenvalue weighted by Crippen LogP contribution is -2.07. The van der Waals surface area contributed by atoms with E-state index in [4.69, 9.17) is 4.74 Å². The predicted octanol–water partition coefficient (Wildman–Crippen LogP) is 2.93. The molecule has 0 amide bonds. The van der Waals surface area contributed by atoms with Gasteiger partial charge in [-0.2, -0.15) is 0 Å². The fraction of sp³-hybridized carbons (Fsp3) is 0.286. The Balaban J connectivity index is 1.98. The summed E-state index contributed by atoms with van der Waals surface area (Å²) in [6, 6.07) is 5.98. The van der Waals surface area contributed by atoms with Gasteiger partial charge in [-0.05, 0) is 25.1 Å². The van der Waals surface area contributed by atoms with E-state index in [0.717, 1.165) is 26.5 Å². The molecule has 2 heterocycles. The Morgan fingerprint density at radius 2 is 2.23 bits per heavy atom. The second-order valence-electron chi connectivity index (χ2n) is 4.58. The molecule has 114 valence electrons. The highest BCUT2D eigenvalue weighted by Gasteiger charge is 2.14. The molecule has 3 aromatic rings. The van der Waals surface area contributed by atoms with Gasteiger partial charge in [0.1, 0.15) is 5.52 Å².